The number of aryl methyl sites for hydroxylation is 1. The molecule has 0 bridgehead atoms. The van der Waals surface area contributed by atoms with Crippen molar-refractivity contribution in [2.75, 3.05) is 6.54 Å². The molecule has 1 N–H and O–H groups in total. The molecular weight excluding hydrogens is 218 g/mol. The second-order valence-electron chi connectivity index (χ2n) is 6.26. The maximum atomic E-state index is 3.70. The van der Waals surface area contributed by atoms with Gasteiger partial charge in [0, 0.05) is 12.6 Å². The van der Waals surface area contributed by atoms with E-state index >= 15 is 0 Å². The highest BCUT2D eigenvalue weighted by Crippen LogP contribution is 2.26. The van der Waals surface area contributed by atoms with Crippen LogP contribution in [-0.2, 0) is 0 Å². The minimum atomic E-state index is 0.688. The minimum Gasteiger partial charge on any atom is -0.313 e. The first-order chi connectivity index (χ1) is 8.65. The van der Waals surface area contributed by atoms with E-state index in [0.717, 1.165) is 18.5 Å². The first kappa shape index (κ1) is 13.6. The summed E-state index contributed by atoms with van der Waals surface area (Å²) in [4.78, 5) is 0. The highest BCUT2D eigenvalue weighted by molar-refractivity contribution is 5.25. The number of rotatable bonds is 7. The third kappa shape index (κ3) is 4.45. The molecule has 1 aliphatic rings. The monoisotopic (exact) mass is 245 g/mol. The average molecular weight is 245 g/mol. The van der Waals surface area contributed by atoms with Gasteiger partial charge < -0.3 is 5.32 Å². The molecule has 0 aliphatic heterocycles. The molecular formula is C17H27N. The molecule has 1 aliphatic carbocycles. The molecule has 0 spiro atoms. The molecule has 18 heavy (non-hydrogen) atoms. The maximum absolute atomic E-state index is 3.70. The lowest BCUT2D eigenvalue weighted by Crippen LogP contribution is -2.24. The molecule has 1 aromatic carbocycles. The Morgan fingerprint density at radius 3 is 2.61 bits per heavy atom. The van der Waals surface area contributed by atoms with Crippen LogP contribution in [0.4, 0.5) is 0 Å². The van der Waals surface area contributed by atoms with Crippen LogP contribution in [0.1, 0.15) is 56.6 Å². The summed E-state index contributed by atoms with van der Waals surface area (Å²) in [7, 11) is 0. The highest BCUT2D eigenvalue weighted by atomic mass is 14.9. The van der Waals surface area contributed by atoms with Crippen LogP contribution in [0, 0.1) is 12.8 Å². The summed E-state index contributed by atoms with van der Waals surface area (Å²) < 4.78 is 0. The molecule has 1 atom stereocenters. The molecule has 0 aromatic heterocycles. The van der Waals surface area contributed by atoms with Crippen LogP contribution in [0.5, 0.6) is 0 Å². The first-order valence-corrected chi connectivity index (χ1v) is 7.45. The highest BCUT2D eigenvalue weighted by Gasteiger charge is 2.22. The van der Waals surface area contributed by atoms with Gasteiger partial charge in [-0.3, -0.25) is 0 Å². The van der Waals surface area contributed by atoms with E-state index in [2.05, 4.69) is 50.4 Å². The van der Waals surface area contributed by atoms with Gasteiger partial charge in [0.05, 0.1) is 0 Å². The number of hydrogen-bond donors (Lipinski definition) is 1. The first-order valence-electron chi connectivity index (χ1n) is 7.45. The summed E-state index contributed by atoms with van der Waals surface area (Å²) in [6.45, 7) is 7.99. The van der Waals surface area contributed by atoms with Gasteiger partial charge in [0.15, 0.2) is 0 Å². The van der Waals surface area contributed by atoms with E-state index in [1.807, 2.05) is 0 Å². The third-order valence-electron chi connectivity index (χ3n) is 3.84. The van der Waals surface area contributed by atoms with Gasteiger partial charge in [-0.2, -0.15) is 0 Å². The predicted molar refractivity (Wildman–Crippen MR) is 79.0 cm³/mol. The molecule has 0 heterocycles. The normalized spacial score (nSPS) is 17.1. The van der Waals surface area contributed by atoms with E-state index in [1.165, 1.54) is 36.8 Å². The van der Waals surface area contributed by atoms with Crippen LogP contribution < -0.4 is 5.32 Å². The second kappa shape index (κ2) is 6.38. The Bertz CT molecular complexity index is 360. The van der Waals surface area contributed by atoms with Gasteiger partial charge in [-0.05, 0) is 43.6 Å². The average Bonchev–Trinajstić information content (AvgIpc) is 3.12. The van der Waals surface area contributed by atoms with Crippen molar-refractivity contribution in [3.63, 3.8) is 0 Å². The third-order valence-corrected chi connectivity index (χ3v) is 3.84. The molecule has 2 rings (SSSR count). The summed E-state index contributed by atoms with van der Waals surface area (Å²) in [6.07, 6.45) is 5.39. The molecule has 0 saturated heterocycles. The number of nitrogens with one attached hydrogen (secondary N) is 1. The van der Waals surface area contributed by atoms with E-state index < -0.39 is 0 Å². The van der Waals surface area contributed by atoms with E-state index in [-0.39, 0.29) is 0 Å². The maximum Gasteiger partial charge on any atom is 0.00684 e. The Kier molecular flexibility index (Phi) is 4.82. The van der Waals surface area contributed by atoms with Crippen molar-refractivity contribution in [2.24, 2.45) is 5.92 Å². The lowest BCUT2D eigenvalue weighted by molar-refractivity contribution is 0.475. The van der Waals surface area contributed by atoms with Crippen LogP contribution in [-0.4, -0.2) is 12.6 Å². The van der Waals surface area contributed by atoms with Crippen LogP contribution in [0.25, 0.3) is 0 Å². The zero-order chi connectivity index (χ0) is 13.0. The molecule has 1 nitrogen and oxygen atoms in total. The van der Waals surface area contributed by atoms with E-state index in [0.29, 0.717) is 5.92 Å². The van der Waals surface area contributed by atoms with Crippen molar-refractivity contribution in [3.05, 3.63) is 35.4 Å². The van der Waals surface area contributed by atoms with Crippen LogP contribution in [0.15, 0.2) is 24.3 Å². The van der Waals surface area contributed by atoms with Gasteiger partial charge in [-0.15, -0.1) is 0 Å². The Labute approximate surface area is 112 Å². The Morgan fingerprint density at radius 2 is 2.00 bits per heavy atom. The van der Waals surface area contributed by atoms with Crippen LogP contribution >= 0.6 is 0 Å². The number of benzene rings is 1. The lowest BCUT2D eigenvalue weighted by atomic mass is 9.90. The summed E-state index contributed by atoms with van der Waals surface area (Å²) in [6, 6.07) is 9.87. The van der Waals surface area contributed by atoms with E-state index in [9.17, 15) is 0 Å². The predicted octanol–water partition coefficient (Wildman–Crippen LogP) is 4.27. The number of hydrogen-bond acceptors (Lipinski definition) is 1. The molecule has 1 saturated carbocycles. The largest absolute Gasteiger partial charge is 0.313 e. The van der Waals surface area contributed by atoms with E-state index in [4.69, 9.17) is 0 Å². The Morgan fingerprint density at radius 1 is 1.22 bits per heavy atom. The Hall–Kier alpha value is -0.820. The van der Waals surface area contributed by atoms with Crippen molar-refractivity contribution >= 4 is 0 Å². The summed E-state index contributed by atoms with van der Waals surface area (Å²) in [5, 5.41) is 3.70. The van der Waals surface area contributed by atoms with Gasteiger partial charge in [0.1, 0.15) is 0 Å². The molecule has 0 amide bonds. The van der Waals surface area contributed by atoms with Crippen molar-refractivity contribution < 1.29 is 0 Å². The zero-order valence-corrected chi connectivity index (χ0v) is 12.1. The van der Waals surface area contributed by atoms with Crippen LogP contribution in [0.3, 0.4) is 0 Å². The topological polar surface area (TPSA) is 12.0 Å². The fourth-order valence-corrected chi connectivity index (χ4v) is 2.44. The quantitative estimate of drug-likeness (QED) is 0.756. The molecule has 1 heteroatoms. The second-order valence-corrected chi connectivity index (χ2v) is 6.26. The standard InChI is InChI=1S/C17H27N/c1-13(2)7-8-16(12-18-17-9-10-17)15-6-4-5-14(3)11-15/h4-6,11,13,16-18H,7-10,12H2,1-3H3. The molecule has 1 fully saturated rings. The smallest absolute Gasteiger partial charge is 0.00684 e. The van der Waals surface area contributed by atoms with Crippen molar-refractivity contribution in [3.8, 4) is 0 Å². The van der Waals surface area contributed by atoms with Crippen molar-refractivity contribution in [2.45, 2.75) is 58.4 Å². The summed E-state index contributed by atoms with van der Waals surface area (Å²) in [5.74, 6) is 1.49. The molecule has 0 radical (unpaired) electrons. The van der Waals surface area contributed by atoms with Gasteiger partial charge in [0.2, 0.25) is 0 Å². The van der Waals surface area contributed by atoms with E-state index in [1.54, 1.807) is 0 Å². The summed E-state index contributed by atoms with van der Waals surface area (Å²) in [5.41, 5.74) is 2.90. The fourth-order valence-electron chi connectivity index (χ4n) is 2.44. The molecule has 100 valence electrons. The minimum absolute atomic E-state index is 0.688. The lowest BCUT2D eigenvalue weighted by Gasteiger charge is -2.19. The molecule has 1 unspecified atom stereocenters. The zero-order valence-electron chi connectivity index (χ0n) is 12.1. The Balaban J connectivity index is 1.96. The van der Waals surface area contributed by atoms with Gasteiger partial charge in [-0.1, -0.05) is 50.1 Å². The molecule has 1 aromatic rings. The van der Waals surface area contributed by atoms with Crippen LogP contribution in [0.2, 0.25) is 0 Å². The van der Waals surface area contributed by atoms with Gasteiger partial charge >= 0.3 is 0 Å². The van der Waals surface area contributed by atoms with Crippen molar-refractivity contribution in [1.29, 1.82) is 0 Å². The summed E-state index contributed by atoms with van der Waals surface area (Å²) >= 11 is 0. The van der Waals surface area contributed by atoms with Gasteiger partial charge in [0.25, 0.3) is 0 Å². The fraction of sp³-hybridized carbons (Fsp3) is 0.647. The van der Waals surface area contributed by atoms with Crippen molar-refractivity contribution in [1.82, 2.24) is 5.32 Å². The SMILES string of the molecule is Cc1cccc(C(CCC(C)C)CNC2CC2)c1. The van der Waals surface area contributed by atoms with Gasteiger partial charge in [-0.25, -0.2) is 0 Å².